The molecule has 3 aromatic rings. The Morgan fingerprint density at radius 1 is 1.23 bits per heavy atom. The fourth-order valence-electron chi connectivity index (χ4n) is 3.25. The zero-order chi connectivity index (χ0) is 21.3. The molecule has 3 amide bonds. The van der Waals surface area contributed by atoms with Crippen LogP contribution in [0.15, 0.2) is 36.7 Å². The molecule has 0 atom stereocenters. The van der Waals surface area contributed by atoms with Crippen molar-refractivity contribution in [1.82, 2.24) is 25.0 Å². The van der Waals surface area contributed by atoms with E-state index in [1.165, 1.54) is 23.5 Å². The summed E-state index contributed by atoms with van der Waals surface area (Å²) in [6, 6.07) is 5.94. The van der Waals surface area contributed by atoms with E-state index in [1.54, 1.807) is 39.7 Å². The molecule has 0 unspecified atom stereocenters. The number of aryl methyl sites for hydroxylation is 2. The fraction of sp³-hybridized carbons (Fsp3) is 0.300. The lowest BCUT2D eigenvalue weighted by atomic mass is 10.2. The Balaban J connectivity index is 1.41. The molecule has 3 heterocycles. The molecule has 1 N–H and O–H groups in total. The molecule has 0 aliphatic carbocycles. The minimum Gasteiger partial charge on any atom is -0.347 e. The predicted molar refractivity (Wildman–Crippen MR) is 111 cm³/mol. The number of carbonyl (C=O) groups excluding carboxylic acids is 2. The van der Waals surface area contributed by atoms with Crippen LogP contribution in [0.25, 0.3) is 0 Å². The summed E-state index contributed by atoms with van der Waals surface area (Å²) in [6.07, 6.45) is 3.54. The maximum absolute atomic E-state index is 13.1. The molecule has 1 fully saturated rings. The Bertz CT molecular complexity index is 1080. The van der Waals surface area contributed by atoms with E-state index in [1.807, 2.05) is 13.2 Å². The van der Waals surface area contributed by atoms with Gasteiger partial charge in [0.25, 0.3) is 5.91 Å². The van der Waals surface area contributed by atoms with Crippen LogP contribution in [0.3, 0.4) is 0 Å². The molecular formula is C20H21FN6O2S. The Kier molecular flexibility index (Phi) is 5.49. The van der Waals surface area contributed by atoms with Crippen molar-refractivity contribution in [3.05, 3.63) is 64.2 Å². The number of rotatable bonds is 6. The van der Waals surface area contributed by atoms with E-state index in [9.17, 15) is 14.0 Å². The van der Waals surface area contributed by atoms with Crippen molar-refractivity contribution in [2.24, 2.45) is 7.05 Å². The van der Waals surface area contributed by atoms with Crippen molar-refractivity contribution in [1.29, 1.82) is 0 Å². The quantitative estimate of drug-likeness (QED) is 0.654. The summed E-state index contributed by atoms with van der Waals surface area (Å²) in [5, 5.41) is 7.45. The van der Waals surface area contributed by atoms with E-state index >= 15 is 0 Å². The zero-order valence-corrected chi connectivity index (χ0v) is 17.4. The standard InChI is InChI=1S/C20H21FN6O2S/c1-13-17(18(28)22-9-15-10-23-25(2)11-15)30-19(24-13)27-8-7-26(20(27)29)12-14-3-5-16(21)6-4-14/h3-6,10-11H,7-9,12H2,1-2H3,(H,22,28). The fourth-order valence-corrected chi connectivity index (χ4v) is 4.25. The van der Waals surface area contributed by atoms with Gasteiger partial charge in [-0.2, -0.15) is 5.10 Å². The first-order valence-electron chi connectivity index (χ1n) is 9.45. The number of benzene rings is 1. The van der Waals surface area contributed by atoms with Gasteiger partial charge in [0.1, 0.15) is 10.7 Å². The molecule has 0 radical (unpaired) electrons. The average Bonchev–Trinajstić information content (AvgIpc) is 3.41. The third-order valence-corrected chi connectivity index (χ3v) is 5.99. The predicted octanol–water partition coefficient (Wildman–Crippen LogP) is 2.70. The summed E-state index contributed by atoms with van der Waals surface area (Å²) in [4.78, 5) is 33.6. The SMILES string of the molecule is Cc1nc(N2CCN(Cc3ccc(F)cc3)C2=O)sc1C(=O)NCc1cnn(C)c1. The van der Waals surface area contributed by atoms with Gasteiger partial charge in [0, 0.05) is 45.0 Å². The van der Waals surface area contributed by atoms with Crippen molar-refractivity contribution in [2.45, 2.75) is 20.0 Å². The minimum atomic E-state index is -0.305. The highest BCUT2D eigenvalue weighted by Crippen LogP contribution is 2.29. The normalized spacial score (nSPS) is 13.9. The third-order valence-electron chi connectivity index (χ3n) is 4.82. The third kappa shape index (κ3) is 4.18. The van der Waals surface area contributed by atoms with Crippen LogP contribution in [0.5, 0.6) is 0 Å². The molecule has 1 aliphatic heterocycles. The van der Waals surface area contributed by atoms with Gasteiger partial charge in [-0.1, -0.05) is 23.5 Å². The van der Waals surface area contributed by atoms with Crippen molar-refractivity contribution in [2.75, 3.05) is 18.0 Å². The van der Waals surface area contributed by atoms with Gasteiger partial charge in [-0.15, -0.1) is 0 Å². The van der Waals surface area contributed by atoms with E-state index in [0.29, 0.717) is 41.9 Å². The van der Waals surface area contributed by atoms with Crippen LogP contribution in [-0.2, 0) is 20.1 Å². The molecule has 1 aromatic carbocycles. The van der Waals surface area contributed by atoms with Gasteiger partial charge in [-0.25, -0.2) is 14.2 Å². The number of halogens is 1. The highest BCUT2D eigenvalue weighted by atomic mass is 32.1. The number of hydrogen-bond donors (Lipinski definition) is 1. The van der Waals surface area contributed by atoms with Gasteiger partial charge in [0.05, 0.1) is 11.9 Å². The molecule has 1 aliphatic rings. The van der Waals surface area contributed by atoms with Gasteiger partial charge in [-0.05, 0) is 24.6 Å². The molecule has 2 aromatic heterocycles. The monoisotopic (exact) mass is 428 g/mol. The number of thiazole rings is 1. The number of anilines is 1. The van der Waals surface area contributed by atoms with Gasteiger partial charge >= 0.3 is 6.03 Å². The topological polar surface area (TPSA) is 83.4 Å². The zero-order valence-electron chi connectivity index (χ0n) is 16.6. The Hall–Kier alpha value is -3.27. The van der Waals surface area contributed by atoms with Crippen LogP contribution >= 0.6 is 11.3 Å². The summed E-state index contributed by atoms with van der Waals surface area (Å²) in [5.74, 6) is -0.532. The van der Waals surface area contributed by atoms with Crippen LogP contribution in [0, 0.1) is 12.7 Å². The highest BCUT2D eigenvalue weighted by molar-refractivity contribution is 7.17. The molecule has 30 heavy (non-hydrogen) atoms. The van der Waals surface area contributed by atoms with E-state index < -0.39 is 0 Å². The molecule has 8 nitrogen and oxygen atoms in total. The Morgan fingerprint density at radius 2 is 2.00 bits per heavy atom. The number of nitrogens with zero attached hydrogens (tertiary/aromatic N) is 5. The summed E-state index contributed by atoms with van der Waals surface area (Å²) in [7, 11) is 1.82. The number of aromatic nitrogens is 3. The molecule has 1 saturated heterocycles. The Morgan fingerprint density at radius 3 is 2.70 bits per heavy atom. The highest BCUT2D eigenvalue weighted by Gasteiger charge is 2.32. The first kappa shape index (κ1) is 20.0. The summed E-state index contributed by atoms with van der Waals surface area (Å²) in [6.45, 7) is 3.56. The van der Waals surface area contributed by atoms with E-state index in [0.717, 1.165) is 11.1 Å². The van der Waals surface area contributed by atoms with Crippen molar-refractivity contribution in [3.63, 3.8) is 0 Å². The number of urea groups is 1. The lowest BCUT2D eigenvalue weighted by Crippen LogP contribution is -2.31. The number of amides is 3. The van der Waals surface area contributed by atoms with Gasteiger partial charge in [0.15, 0.2) is 5.13 Å². The van der Waals surface area contributed by atoms with Gasteiger partial charge in [-0.3, -0.25) is 14.4 Å². The summed E-state index contributed by atoms with van der Waals surface area (Å²) < 4.78 is 14.8. The Labute approximate surface area is 176 Å². The molecule has 156 valence electrons. The number of nitrogens with one attached hydrogen (secondary N) is 1. The molecule has 0 bridgehead atoms. The first-order chi connectivity index (χ1) is 14.4. The molecule has 4 rings (SSSR count). The lowest BCUT2D eigenvalue weighted by Gasteiger charge is -2.16. The molecule has 0 spiro atoms. The van der Waals surface area contributed by atoms with Crippen LogP contribution in [0.4, 0.5) is 14.3 Å². The van der Waals surface area contributed by atoms with Crippen molar-refractivity contribution >= 4 is 28.4 Å². The second kappa shape index (κ2) is 8.23. The summed E-state index contributed by atoms with van der Waals surface area (Å²) >= 11 is 1.20. The first-order valence-corrected chi connectivity index (χ1v) is 10.3. The van der Waals surface area contributed by atoms with Crippen LogP contribution in [-0.4, -0.2) is 44.7 Å². The van der Waals surface area contributed by atoms with E-state index in [4.69, 9.17) is 0 Å². The summed E-state index contributed by atoms with van der Waals surface area (Å²) in [5.41, 5.74) is 2.35. The average molecular weight is 428 g/mol. The maximum atomic E-state index is 13.1. The smallest absolute Gasteiger partial charge is 0.326 e. The molecule has 10 heteroatoms. The number of carbonyl (C=O) groups is 2. The van der Waals surface area contributed by atoms with Crippen molar-refractivity contribution in [3.8, 4) is 0 Å². The largest absolute Gasteiger partial charge is 0.347 e. The second-order valence-corrected chi connectivity index (χ2v) is 8.08. The van der Waals surface area contributed by atoms with Crippen LogP contribution in [0.2, 0.25) is 0 Å². The van der Waals surface area contributed by atoms with Crippen LogP contribution < -0.4 is 10.2 Å². The molecule has 0 saturated carbocycles. The number of hydrogen-bond acceptors (Lipinski definition) is 5. The second-order valence-electron chi connectivity index (χ2n) is 7.10. The van der Waals surface area contributed by atoms with E-state index in [2.05, 4.69) is 15.4 Å². The maximum Gasteiger partial charge on any atom is 0.326 e. The lowest BCUT2D eigenvalue weighted by molar-refractivity contribution is 0.0954. The molecular weight excluding hydrogens is 407 g/mol. The van der Waals surface area contributed by atoms with Gasteiger partial charge < -0.3 is 10.2 Å². The van der Waals surface area contributed by atoms with Gasteiger partial charge in [0.2, 0.25) is 0 Å². The van der Waals surface area contributed by atoms with Crippen molar-refractivity contribution < 1.29 is 14.0 Å². The van der Waals surface area contributed by atoms with E-state index in [-0.39, 0.29) is 17.8 Å². The minimum absolute atomic E-state index is 0.171. The van der Waals surface area contributed by atoms with Crippen LogP contribution in [0.1, 0.15) is 26.5 Å².